The standard InChI is InChI=1S/C21H19N3O5S/c1-2-28-20(27)17(18(22)24-19(26)13-8-4-3-5-9-13)15(25)12-30-21-23-14-10-6-7-11-16(14)29-21/h3-11,25H,2,12H2,1H3,(H2,22,24,26)/b17-15+. The Labute approximate surface area is 176 Å². The first-order chi connectivity index (χ1) is 14.5. The molecule has 0 bridgehead atoms. The lowest BCUT2D eigenvalue weighted by atomic mass is 10.1. The number of aromatic nitrogens is 1. The molecule has 8 nitrogen and oxygen atoms in total. The molecule has 0 fully saturated rings. The zero-order chi connectivity index (χ0) is 21.5. The van der Waals surface area contributed by atoms with Crippen LogP contribution in [0.3, 0.4) is 0 Å². The van der Waals surface area contributed by atoms with Crippen LogP contribution in [0.25, 0.3) is 11.1 Å². The Balaban J connectivity index is 1.78. The molecule has 3 aromatic rings. The van der Waals surface area contributed by atoms with Crippen LogP contribution in [0.2, 0.25) is 0 Å². The van der Waals surface area contributed by atoms with Crippen LogP contribution in [0.4, 0.5) is 0 Å². The van der Waals surface area contributed by atoms with Gasteiger partial charge in [-0.2, -0.15) is 0 Å². The Bertz CT molecular complexity index is 1080. The third-order valence-corrected chi connectivity index (χ3v) is 4.74. The van der Waals surface area contributed by atoms with E-state index < -0.39 is 29.0 Å². The molecule has 0 saturated heterocycles. The molecule has 1 amide bonds. The van der Waals surface area contributed by atoms with E-state index in [2.05, 4.69) is 10.3 Å². The highest BCUT2D eigenvalue weighted by Crippen LogP contribution is 2.25. The van der Waals surface area contributed by atoms with Gasteiger partial charge in [-0.25, -0.2) is 9.78 Å². The number of hydrogen-bond acceptors (Lipinski definition) is 8. The SMILES string of the molecule is CCOC(=O)/C(C(=N)NC(=O)c1ccccc1)=C(/O)CSc1nc2ccccc2o1. The van der Waals surface area contributed by atoms with Crippen LogP contribution >= 0.6 is 11.8 Å². The molecule has 3 rings (SSSR count). The lowest BCUT2D eigenvalue weighted by molar-refractivity contribution is -0.138. The molecule has 3 N–H and O–H groups in total. The summed E-state index contributed by atoms with van der Waals surface area (Å²) in [5, 5.41) is 21.2. The fourth-order valence-electron chi connectivity index (χ4n) is 2.52. The Morgan fingerprint density at radius 2 is 1.87 bits per heavy atom. The van der Waals surface area contributed by atoms with E-state index in [1.54, 1.807) is 49.4 Å². The number of esters is 1. The molecule has 2 aromatic carbocycles. The van der Waals surface area contributed by atoms with Gasteiger partial charge < -0.3 is 19.6 Å². The summed E-state index contributed by atoms with van der Waals surface area (Å²) in [6.07, 6.45) is 0. The van der Waals surface area contributed by atoms with Crippen molar-refractivity contribution in [2.75, 3.05) is 12.4 Å². The number of nitrogens with zero attached hydrogens (tertiary/aromatic N) is 1. The van der Waals surface area contributed by atoms with Crippen LogP contribution in [-0.4, -0.2) is 40.2 Å². The summed E-state index contributed by atoms with van der Waals surface area (Å²) in [6, 6.07) is 15.4. The third kappa shape index (κ3) is 5.06. The van der Waals surface area contributed by atoms with Gasteiger partial charge in [-0.1, -0.05) is 42.1 Å². The molecule has 0 atom stereocenters. The van der Waals surface area contributed by atoms with Gasteiger partial charge >= 0.3 is 5.97 Å². The quantitative estimate of drug-likeness (QED) is 0.132. The maximum atomic E-state index is 12.3. The number of rotatable bonds is 7. The van der Waals surface area contributed by atoms with Crippen molar-refractivity contribution in [1.82, 2.24) is 10.3 Å². The Hall–Kier alpha value is -3.59. The summed E-state index contributed by atoms with van der Waals surface area (Å²) in [5.41, 5.74) is 1.14. The van der Waals surface area contributed by atoms with Crippen LogP contribution in [0.15, 0.2) is 75.6 Å². The number of thioether (sulfide) groups is 1. The summed E-state index contributed by atoms with van der Waals surface area (Å²) in [6.45, 7) is 1.65. The van der Waals surface area contributed by atoms with Gasteiger partial charge in [0.1, 0.15) is 22.7 Å². The van der Waals surface area contributed by atoms with Gasteiger partial charge in [0.2, 0.25) is 0 Å². The number of hydrogen-bond donors (Lipinski definition) is 3. The highest BCUT2D eigenvalue weighted by molar-refractivity contribution is 7.99. The first-order valence-electron chi connectivity index (χ1n) is 9.02. The van der Waals surface area contributed by atoms with Gasteiger partial charge in [-0.05, 0) is 31.2 Å². The number of aliphatic hydroxyl groups excluding tert-OH is 1. The molecule has 1 aromatic heterocycles. The predicted molar refractivity (Wildman–Crippen MR) is 113 cm³/mol. The minimum absolute atomic E-state index is 0.0494. The molecule has 154 valence electrons. The number of oxazole rings is 1. The van der Waals surface area contributed by atoms with Gasteiger partial charge in [0, 0.05) is 5.56 Å². The third-order valence-electron chi connectivity index (χ3n) is 3.90. The number of fused-ring (bicyclic) bond motifs is 1. The number of nitrogens with one attached hydrogen (secondary N) is 2. The van der Waals surface area contributed by atoms with Crippen molar-refractivity contribution in [1.29, 1.82) is 5.41 Å². The topological polar surface area (TPSA) is 126 Å². The smallest absolute Gasteiger partial charge is 0.345 e. The van der Waals surface area contributed by atoms with Gasteiger partial charge in [0.25, 0.3) is 11.1 Å². The van der Waals surface area contributed by atoms with Crippen LogP contribution in [0.5, 0.6) is 0 Å². The first kappa shape index (κ1) is 21.1. The Kier molecular flexibility index (Phi) is 6.87. The monoisotopic (exact) mass is 425 g/mol. The zero-order valence-electron chi connectivity index (χ0n) is 16.0. The fraction of sp³-hybridized carbons (Fsp3) is 0.143. The van der Waals surface area contributed by atoms with E-state index in [0.717, 1.165) is 11.8 Å². The van der Waals surface area contributed by atoms with Gasteiger partial charge in [0.05, 0.1) is 12.4 Å². The molecular weight excluding hydrogens is 406 g/mol. The van der Waals surface area contributed by atoms with E-state index in [4.69, 9.17) is 14.6 Å². The summed E-state index contributed by atoms with van der Waals surface area (Å²) >= 11 is 1.05. The number of amidine groups is 1. The van der Waals surface area contributed by atoms with Crippen molar-refractivity contribution < 1.29 is 23.8 Å². The van der Waals surface area contributed by atoms with Crippen molar-refractivity contribution in [3.63, 3.8) is 0 Å². The second kappa shape index (κ2) is 9.75. The van der Waals surface area contributed by atoms with Crippen molar-refractivity contribution in [2.24, 2.45) is 0 Å². The molecule has 0 aliphatic rings. The van der Waals surface area contributed by atoms with E-state index in [0.29, 0.717) is 21.9 Å². The second-order valence-corrected chi connectivity index (χ2v) is 6.90. The summed E-state index contributed by atoms with van der Waals surface area (Å²) in [5.74, 6) is -2.59. The van der Waals surface area contributed by atoms with E-state index >= 15 is 0 Å². The van der Waals surface area contributed by atoms with E-state index in [9.17, 15) is 14.7 Å². The summed E-state index contributed by atoms with van der Waals surface area (Å²) < 4.78 is 10.5. The number of ether oxygens (including phenoxy) is 1. The van der Waals surface area contributed by atoms with Crippen LogP contribution in [-0.2, 0) is 9.53 Å². The largest absolute Gasteiger partial charge is 0.510 e. The van der Waals surface area contributed by atoms with Crippen LogP contribution < -0.4 is 5.32 Å². The van der Waals surface area contributed by atoms with Crippen molar-refractivity contribution in [3.8, 4) is 0 Å². The molecule has 0 unspecified atom stereocenters. The van der Waals surface area contributed by atoms with Gasteiger partial charge in [-0.15, -0.1) is 0 Å². The summed E-state index contributed by atoms with van der Waals surface area (Å²) in [4.78, 5) is 28.9. The van der Waals surface area contributed by atoms with Crippen LogP contribution in [0, 0.1) is 5.41 Å². The Morgan fingerprint density at radius 1 is 1.17 bits per heavy atom. The molecule has 30 heavy (non-hydrogen) atoms. The molecule has 0 aliphatic heterocycles. The normalized spacial score (nSPS) is 11.6. The zero-order valence-corrected chi connectivity index (χ0v) is 16.9. The molecule has 1 heterocycles. The number of carbonyl (C=O) groups excluding carboxylic acids is 2. The number of carbonyl (C=O) groups is 2. The van der Waals surface area contributed by atoms with Crippen molar-refractivity contribution in [3.05, 3.63) is 71.5 Å². The average Bonchev–Trinajstić information content (AvgIpc) is 3.16. The number of benzene rings is 2. The lowest BCUT2D eigenvalue weighted by Gasteiger charge is -2.12. The Morgan fingerprint density at radius 3 is 2.57 bits per heavy atom. The predicted octanol–water partition coefficient (Wildman–Crippen LogP) is 3.70. The van der Waals surface area contributed by atoms with E-state index in [-0.39, 0.29) is 12.4 Å². The lowest BCUT2D eigenvalue weighted by Crippen LogP contribution is -2.35. The molecular formula is C21H19N3O5S. The highest BCUT2D eigenvalue weighted by Gasteiger charge is 2.24. The molecule has 0 aliphatic carbocycles. The molecule has 0 spiro atoms. The van der Waals surface area contributed by atoms with Crippen molar-refractivity contribution in [2.45, 2.75) is 12.1 Å². The minimum atomic E-state index is -0.911. The van der Waals surface area contributed by atoms with E-state index in [1.807, 2.05) is 12.1 Å². The van der Waals surface area contributed by atoms with E-state index in [1.165, 1.54) is 0 Å². The fourth-order valence-corrected chi connectivity index (χ4v) is 3.24. The maximum Gasteiger partial charge on any atom is 0.345 e. The molecule has 0 radical (unpaired) electrons. The summed E-state index contributed by atoms with van der Waals surface area (Å²) in [7, 11) is 0. The molecule has 0 saturated carbocycles. The van der Waals surface area contributed by atoms with Crippen molar-refractivity contribution >= 4 is 40.6 Å². The number of para-hydroxylation sites is 2. The van der Waals surface area contributed by atoms with Gasteiger partial charge in [-0.3, -0.25) is 10.2 Å². The molecule has 9 heteroatoms. The average molecular weight is 425 g/mol. The minimum Gasteiger partial charge on any atom is -0.510 e. The van der Waals surface area contributed by atoms with Gasteiger partial charge in [0.15, 0.2) is 5.58 Å². The van der Waals surface area contributed by atoms with Crippen LogP contribution in [0.1, 0.15) is 17.3 Å². The number of amides is 1. The number of aliphatic hydroxyl groups is 1. The maximum absolute atomic E-state index is 12.3. The highest BCUT2D eigenvalue weighted by atomic mass is 32.2. The first-order valence-corrected chi connectivity index (χ1v) is 10.0. The second-order valence-electron chi connectivity index (χ2n) is 5.97.